The number of furan rings is 1. The molecule has 0 bridgehead atoms. The maximum atomic E-state index is 6.52. The number of benzene rings is 5. The van der Waals surface area contributed by atoms with Crippen molar-refractivity contribution < 1.29 is 4.42 Å². The first-order valence-electron chi connectivity index (χ1n) is 20.3. The molecule has 0 radical (unpaired) electrons. The predicted molar refractivity (Wildman–Crippen MR) is 234 cm³/mol. The first-order valence-corrected chi connectivity index (χ1v) is 20.3. The summed E-state index contributed by atoms with van der Waals surface area (Å²) in [7, 11) is 0. The summed E-state index contributed by atoms with van der Waals surface area (Å²) in [6.07, 6.45) is 13.0. The summed E-state index contributed by atoms with van der Waals surface area (Å²) >= 11 is 0. The van der Waals surface area contributed by atoms with Gasteiger partial charge in [0.25, 0.3) is 0 Å². The highest BCUT2D eigenvalue weighted by molar-refractivity contribution is 6.10. The van der Waals surface area contributed by atoms with Crippen molar-refractivity contribution in [2.45, 2.75) is 52.9 Å². The Kier molecular flexibility index (Phi) is 7.55. The van der Waals surface area contributed by atoms with E-state index in [4.69, 9.17) is 4.42 Å². The zero-order valence-electron chi connectivity index (χ0n) is 32.6. The Labute approximate surface area is 328 Å². The van der Waals surface area contributed by atoms with Crippen LogP contribution in [0.3, 0.4) is 0 Å². The predicted octanol–water partition coefficient (Wildman–Crippen LogP) is 12.7. The van der Waals surface area contributed by atoms with Gasteiger partial charge in [-0.3, -0.25) is 0 Å². The molecule has 2 aromatic heterocycles. The number of hydrogen-bond acceptors (Lipinski definition) is 1. The van der Waals surface area contributed by atoms with E-state index in [-0.39, 0.29) is 0 Å². The summed E-state index contributed by atoms with van der Waals surface area (Å²) in [5, 5.41) is 4.99. The number of para-hydroxylation sites is 2. The highest BCUT2D eigenvalue weighted by atomic mass is 16.3. The fraction of sp³-hybridized carbons (Fsp3) is 0.185. The van der Waals surface area contributed by atoms with Crippen LogP contribution in [0.2, 0.25) is 0 Å². The third-order valence-corrected chi connectivity index (χ3v) is 13.4. The Hall–Kier alpha value is -6.12. The van der Waals surface area contributed by atoms with E-state index in [9.17, 15) is 0 Å². The number of hydrogen-bond donors (Lipinski definition) is 0. The highest BCUT2D eigenvalue weighted by Crippen LogP contribution is 2.57. The summed E-state index contributed by atoms with van der Waals surface area (Å²) in [6.45, 7) is 9.20. The van der Waals surface area contributed by atoms with Gasteiger partial charge < -0.3 is 8.98 Å². The molecular weight excluding hydrogens is 679 g/mol. The molecule has 0 fully saturated rings. The van der Waals surface area contributed by atoms with Crippen LogP contribution in [0, 0.1) is 11.8 Å². The molecule has 4 aliphatic rings. The van der Waals surface area contributed by atoms with Crippen molar-refractivity contribution in [1.29, 1.82) is 0 Å². The molecule has 0 N–H and O–H groups in total. The normalized spacial score (nSPS) is 20.8. The minimum absolute atomic E-state index is 0.307. The third-order valence-electron chi connectivity index (χ3n) is 13.4. The minimum atomic E-state index is 0.307. The van der Waals surface area contributed by atoms with E-state index < -0.39 is 0 Å². The average Bonchev–Trinajstić information content (AvgIpc) is 3.77. The number of nitrogens with zero attached hydrogens (tertiary/aromatic N) is 1. The van der Waals surface area contributed by atoms with E-state index in [0.29, 0.717) is 17.8 Å². The lowest BCUT2D eigenvalue weighted by atomic mass is 9.58. The second-order valence-electron chi connectivity index (χ2n) is 16.5. The fourth-order valence-electron chi connectivity index (χ4n) is 10.4. The first kappa shape index (κ1) is 33.2. The lowest BCUT2D eigenvalue weighted by molar-refractivity contribution is 0.409. The van der Waals surface area contributed by atoms with Gasteiger partial charge in [-0.25, -0.2) is 0 Å². The standard InChI is InChI=1S/C54H45NO/c1-32-27-45-47(29-34(32)3)53(48-30-35(4)33(2)28-46(48)52(45)36-13-6-5-7-14-36)37-21-24-39(25-22-37)55-49-19-10-8-15-41(49)44-31-38(23-26-50(44)55)40-17-12-18-43-42-16-9-11-20-51(42)56-54(40)43/h5-11,13-16,18-29,31,47-48,53H,12,17,30H2,1-4H3. The molecule has 2 heterocycles. The van der Waals surface area contributed by atoms with Crippen molar-refractivity contribution >= 4 is 50.0 Å². The largest absolute Gasteiger partial charge is 0.456 e. The van der Waals surface area contributed by atoms with Crippen LogP contribution in [0.5, 0.6) is 0 Å². The van der Waals surface area contributed by atoms with Crippen LogP contribution in [-0.4, -0.2) is 4.57 Å². The van der Waals surface area contributed by atoms with Crippen molar-refractivity contribution in [3.8, 4) is 5.69 Å². The van der Waals surface area contributed by atoms with Gasteiger partial charge in [0.1, 0.15) is 11.0 Å². The van der Waals surface area contributed by atoms with Gasteiger partial charge in [0.2, 0.25) is 0 Å². The smallest absolute Gasteiger partial charge is 0.138 e. The third kappa shape index (κ3) is 5.01. The summed E-state index contributed by atoms with van der Waals surface area (Å²) in [4.78, 5) is 0. The quantitative estimate of drug-likeness (QED) is 0.177. The lowest BCUT2D eigenvalue weighted by Crippen LogP contribution is -2.32. The Morgan fingerprint density at radius 3 is 2.25 bits per heavy atom. The minimum Gasteiger partial charge on any atom is -0.456 e. The molecule has 56 heavy (non-hydrogen) atoms. The van der Waals surface area contributed by atoms with E-state index >= 15 is 0 Å². The van der Waals surface area contributed by atoms with E-state index in [1.165, 1.54) is 99.4 Å². The van der Waals surface area contributed by atoms with Crippen molar-refractivity contribution in [2.75, 3.05) is 0 Å². The van der Waals surface area contributed by atoms with Crippen LogP contribution in [0.1, 0.15) is 69.6 Å². The van der Waals surface area contributed by atoms with E-state index in [1.54, 1.807) is 0 Å². The van der Waals surface area contributed by atoms with Gasteiger partial charge in [-0.1, -0.05) is 126 Å². The molecule has 3 unspecified atom stereocenters. The Morgan fingerprint density at radius 2 is 1.41 bits per heavy atom. The second kappa shape index (κ2) is 12.7. The fourth-order valence-corrected chi connectivity index (χ4v) is 10.4. The molecule has 4 aliphatic carbocycles. The van der Waals surface area contributed by atoms with Crippen LogP contribution < -0.4 is 10.6 Å². The van der Waals surface area contributed by atoms with Crippen LogP contribution in [0.4, 0.5) is 0 Å². The zero-order valence-corrected chi connectivity index (χ0v) is 32.6. The van der Waals surface area contributed by atoms with Crippen LogP contribution >= 0.6 is 0 Å². The van der Waals surface area contributed by atoms with E-state index in [2.05, 4.69) is 178 Å². The van der Waals surface area contributed by atoms with Gasteiger partial charge in [0, 0.05) is 44.5 Å². The molecule has 0 saturated heterocycles. The van der Waals surface area contributed by atoms with Gasteiger partial charge in [-0.05, 0) is 128 Å². The Morgan fingerprint density at radius 1 is 0.661 bits per heavy atom. The maximum absolute atomic E-state index is 6.52. The molecule has 0 amide bonds. The molecule has 3 atom stereocenters. The van der Waals surface area contributed by atoms with Crippen LogP contribution in [0.15, 0.2) is 177 Å². The van der Waals surface area contributed by atoms with Crippen molar-refractivity contribution in [3.63, 3.8) is 0 Å². The van der Waals surface area contributed by atoms with E-state index in [0.717, 1.165) is 30.3 Å². The van der Waals surface area contributed by atoms with Gasteiger partial charge in [-0.15, -0.1) is 0 Å². The molecule has 11 rings (SSSR count). The van der Waals surface area contributed by atoms with E-state index in [1.807, 2.05) is 0 Å². The SMILES string of the molecule is CC1=CC2=C(c3ccccc3)C3=CC(C)=C(C)CC3C(c3ccc(-n4c5ccccc5c5cc(C6=c7oc8ccccc8c7=CCC6)ccc54)cc3)C2C=C1C. The number of allylic oxidation sites excluding steroid dienone is 10. The molecule has 2 heteroatoms. The molecule has 0 aliphatic heterocycles. The van der Waals surface area contributed by atoms with Crippen molar-refractivity contribution in [3.05, 3.63) is 200 Å². The first-order chi connectivity index (χ1) is 27.4. The van der Waals surface area contributed by atoms with Gasteiger partial charge in [0.05, 0.1) is 11.0 Å². The zero-order chi connectivity index (χ0) is 37.7. The molecule has 5 aromatic carbocycles. The molecule has 0 saturated carbocycles. The molecule has 272 valence electrons. The summed E-state index contributed by atoms with van der Waals surface area (Å²) in [6, 6.07) is 45.1. The van der Waals surface area contributed by atoms with Crippen LogP contribution in [0.25, 0.3) is 55.7 Å². The Balaban J connectivity index is 1.05. The van der Waals surface area contributed by atoms with Crippen molar-refractivity contribution in [2.24, 2.45) is 11.8 Å². The topological polar surface area (TPSA) is 18.1 Å². The second-order valence-corrected chi connectivity index (χ2v) is 16.5. The number of aromatic nitrogens is 1. The monoisotopic (exact) mass is 723 g/mol. The molecular formula is C54H45NO. The lowest BCUT2D eigenvalue weighted by Gasteiger charge is -2.45. The summed E-state index contributed by atoms with van der Waals surface area (Å²) in [5.74, 6) is 1.05. The molecule has 0 spiro atoms. The van der Waals surface area contributed by atoms with Gasteiger partial charge in [-0.2, -0.15) is 0 Å². The number of rotatable bonds is 4. The highest BCUT2D eigenvalue weighted by Gasteiger charge is 2.43. The van der Waals surface area contributed by atoms with Crippen LogP contribution in [-0.2, 0) is 0 Å². The average molecular weight is 724 g/mol. The molecule has 7 aromatic rings. The van der Waals surface area contributed by atoms with Gasteiger partial charge in [0.15, 0.2) is 0 Å². The Bertz CT molecular complexity index is 3080. The van der Waals surface area contributed by atoms with Crippen molar-refractivity contribution in [1.82, 2.24) is 4.57 Å². The molecule has 2 nitrogen and oxygen atoms in total. The summed E-state index contributed by atoms with van der Waals surface area (Å²) < 4.78 is 8.98. The number of fused-ring (bicyclic) bond motifs is 8. The van der Waals surface area contributed by atoms with Gasteiger partial charge >= 0.3 is 0 Å². The summed E-state index contributed by atoms with van der Waals surface area (Å²) in [5.41, 5.74) is 21.0. The maximum Gasteiger partial charge on any atom is 0.138 e.